The number of nitrogens with one attached hydrogen (secondary N) is 2. The minimum absolute atomic E-state index is 0.00403. The van der Waals surface area contributed by atoms with Gasteiger partial charge in [-0.2, -0.15) is 5.10 Å². The third-order valence-electron chi connectivity index (χ3n) is 3.44. The predicted octanol–water partition coefficient (Wildman–Crippen LogP) is 0.699. The second-order valence-corrected chi connectivity index (χ2v) is 4.84. The first-order chi connectivity index (χ1) is 10.1. The lowest BCUT2D eigenvalue weighted by Crippen LogP contribution is -2.20. The maximum absolute atomic E-state index is 11.5. The van der Waals surface area contributed by atoms with Crippen LogP contribution >= 0.6 is 0 Å². The Morgan fingerprint density at radius 1 is 1.43 bits per heavy atom. The maximum atomic E-state index is 11.5. The van der Waals surface area contributed by atoms with Gasteiger partial charge in [0.05, 0.1) is 11.4 Å². The Morgan fingerprint density at radius 3 is 3.00 bits per heavy atom. The van der Waals surface area contributed by atoms with E-state index in [1.807, 2.05) is 6.07 Å². The third-order valence-corrected chi connectivity index (χ3v) is 3.44. The van der Waals surface area contributed by atoms with Crippen LogP contribution in [0.3, 0.4) is 0 Å². The first-order valence-corrected chi connectivity index (χ1v) is 6.59. The number of aryl methyl sites for hydroxylation is 1. The van der Waals surface area contributed by atoms with Crippen LogP contribution in [-0.2, 0) is 11.2 Å². The minimum atomic E-state index is -0.252. The van der Waals surface area contributed by atoms with Crippen LogP contribution in [0.5, 0.6) is 0 Å². The summed E-state index contributed by atoms with van der Waals surface area (Å²) in [5.74, 6) is -0.256. The zero-order chi connectivity index (χ0) is 15.0. The molecule has 0 spiro atoms. The lowest BCUT2D eigenvalue weighted by molar-refractivity contribution is -0.116. The first-order valence-electron chi connectivity index (χ1n) is 6.59. The lowest BCUT2D eigenvalue weighted by Gasteiger charge is -2.19. The summed E-state index contributed by atoms with van der Waals surface area (Å²) < 4.78 is 1.57. The molecule has 0 atom stereocenters. The van der Waals surface area contributed by atoms with Gasteiger partial charge in [-0.05, 0) is 30.2 Å². The zero-order valence-electron chi connectivity index (χ0n) is 11.5. The number of benzene rings is 1. The first kappa shape index (κ1) is 13.2. The highest BCUT2D eigenvalue weighted by Crippen LogP contribution is 2.29. The summed E-state index contributed by atoms with van der Waals surface area (Å²) in [6.45, 7) is 0. The normalized spacial score (nSPS) is 13.5. The van der Waals surface area contributed by atoms with Crippen molar-refractivity contribution in [2.45, 2.75) is 12.8 Å². The lowest BCUT2D eigenvalue weighted by atomic mass is 10.0. The highest BCUT2D eigenvalue weighted by Gasteiger charge is 2.18. The Labute approximate surface area is 121 Å². The van der Waals surface area contributed by atoms with Gasteiger partial charge >= 0.3 is 0 Å². The van der Waals surface area contributed by atoms with Crippen molar-refractivity contribution in [3.05, 3.63) is 35.7 Å². The van der Waals surface area contributed by atoms with Crippen molar-refractivity contribution in [1.82, 2.24) is 15.1 Å². The molecule has 0 fully saturated rings. The highest BCUT2D eigenvalue weighted by atomic mass is 16.2. The van der Waals surface area contributed by atoms with E-state index >= 15 is 0 Å². The number of carbonyl (C=O) groups is 2. The molecule has 1 aromatic carbocycles. The van der Waals surface area contributed by atoms with Gasteiger partial charge in [0.2, 0.25) is 5.91 Å². The molecule has 2 aromatic rings. The van der Waals surface area contributed by atoms with Gasteiger partial charge in [0.25, 0.3) is 5.91 Å². The number of nitrogens with zero attached hydrogens (tertiary/aromatic N) is 2. The molecule has 0 aliphatic carbocycles. The SMILES string of the molecule is CNC(=O)c1ccn(-c2cc3c(cc2N)NC(=O)CC3)n1. The van der Waals surface area contributed by atoms with Crippen LogP contribution < -0.4 is 16.4 Å². The number of carbonyl (C=O) groups excluding carboxylic acids is 2. The maximum Gasteiger partial charge on any atom is 0.271 e. The van der Waals surface area contributed by atoms with Gasteiger partial charge in [0.1, 0.15) is 0 Å². The average molecular weight is 285 g/mol. The Balaban J connectivity index is 2.01. The van der Waals surface area contributed by atoms with Crippen molar-refractivity contribution >= 4 is 23.2 Å². The molecule has 0 saturated heterocycles. The summed E-state index contributed by atoms with van der Waals surface area (Å²) in [6.07, 6.45) is 2.81. The number of hydrogen-bond donors (Lipinski definition) is 3. The number of hydrogen-bond acceptors (Lipinski definition) is 4. The van der Waals surface area contributed by atoms with Crippen LogP contribution in [0.2, 0.25) is 0 Å². The molecule has 7 heteroatoms. The molecule has 1 aromatic heterocycles. The Kier molecular flexibility index (Phi) is 3.09. The molecule has 108 valence electrons. The summed E-state index contributed by atoms with van der Waals surface area (Å²) >= 11 is 0. The second-order valence-electron chi connectivity index (χ2n) is 4.84. The van der Waals surface area contributed by atoms with Gasteiger partial charge in [-0.25, -0.2) is 4.68 Å². The number of amides is 2. The smallest absolute Gasteiger partial charge is 0.271 e. The number of aromatic nitrogens is 2. The summed E-state index contributed by atoms with van der Waals surface area (Å²) in [6, 6.07) is 5.24. The number of fused-ring (bicyclic) bond motifs is 1. The molecule has 4 N–H and O–H groups in total. The van der Waals surface area contributed by atoms with Crippen molar-refractivity contribution in [3.63, 3.8) is 0 Å². The van der Waals surface area contributed by atoms with E-state index in [0.29, 0.717) is 29.9 Å². The van der Waals surface area contributed by atoms with Crippen molar-refractivity contribution in [2.24, 2.45) is 0 Å². The summed E-state index contributed by atoms with van der Waals surface area (Å²) in [5, 5.41) is 9.53. The molecular weight excluding hydrogens is 270 g/mol. The Bertz CT molecular complexity index is 735. The third kappa shape index (κ3) is 2.33. The number of anilines is 2. The fourth-order valence-electron chi connectivity index (χ4n) is 2.34. The molecule has 0 radical (unpaired) electrons. The Morgan fingerprint density at radius 2 is 2.24 bits per heavy atom. The molecule has 0 bridgehead atoms. The number of rotatable bonds is 2. The summed E-state index contributed by atoms with van der Waals surface area (Å²) in [4.78, 5) is 22.9. The predicted molar refractivity (Wildman–Crippen MR) is 78.3 cm³/mol. The van der Waals surface area contributed by atoms with E-state index in [2.05, 4.69) is 15.7 Å². The monoisotopic (exact) mass is 285 g/mol. The van der Waals surface area contributed by atoms with Crippen molar-refractivity contribution < 1.29 is 9.59 Å². The fraction of sp³-hybridized carbons (Fsp3) is 0.214. The standard InChI is InChI=1S/C14H15N5O2/c1-16-14(21)10-4-5-19(18-10)12-6-8-2-3-13(20)17-11(8)7-9(12)15/h4-7H,2-3,15H2,1H3,(H,16,21)(H,17,20). The van der Waals surface area contributed by atoms with Crippen LogP contribution in [-0.4, -0.2) is 28.6 Å². The number of nitrogens with two attached hydrogens (primary N) is 1. The van der Waals surface area contributed by atoms with Gasteiger partial charge < -0.3 is 16.4 Å². The molecule has 2 heterocycles. The zero-order valence-corrected chi connectivity index (χ0v) is 11.5. The molecule has 1 aliphatic rings. The quantitative estimate of drug-likeness (QED) is 0.707. The number of nitrogen functional groups attached to an aromatic ring is 1. The molecule has 7 nitrogen and oxygen atoms in total. The van der Waals surface area contributed by atoms with Crippen LogP contribution in [0.1, 0.15) is 22.5 Å². The molecule has 2 amide bonds. The van der Waals surface area contributed by atoms with Gasteiger partial charge in [-0.3, -0.25) is 9.59 Å². The highest BCUT2D eigenvalue weighted by molar-refractivity contribution is 5.95. The van der Waals surface area contributed by atoms with E-state index < -0.39 is 0 Å². The van der Waals surface area contributed by atoms with E-state index in [-0.39, 0.29) is 11.8 Å². The molecule has 3 rings (SSSR count). The van der Waals surface area contributed by atoms with Crippen LogP contribution in [0.15, 0.2) is 24.4 Å². The minimum Gasteiger partial charge on any atom is -0.397 e. The second kappa shape index (κ2) is 4.93. The molecule has 1 aliphatic heterocycles. The van der Waals surface area contributed by atoms with Crippen molar-refractivity contribution in [3.8, 4) is 5.69 Å². The molecular formula is C14H15N5O2. The van der Waals surface area contributed by atoms with Crippen molar-refractivity contribution in [2.75, 3.05) is 18.1 Å². The molecule has 0 unspecified atom stereocenters. The molecule has 0 saturated carbocycles. The van der Waals surface area contributed by atoms with Gasteiger partial charge in [0.15, 0.2) is 5.69 Å². The van der Waals surface area contributed by atoms with Gasteiger partial charge in [-0.15, -0.1) is 0 Å². The van der Waals surface area contributed by atoms with E-state index in [9.17, 15) is 9.59 Å². The van der Waals surface area contributed by atoms with Gasteiger partial charge in [-0.1, -0.05) is 0 Å². The van der Waals surface area contributed by atoms with Crippen LogP contribution in [0.25, 0.3) is 5.69 Å². The average Bonchev–Trinajstić information content (AvgIpc) is 2.95. The van der Waals surface area contributed by atoms with Crippen LogP contribution in [0, 0.1) is 0 Å². The van der Waals surface area contributed by atoms with E-state index in [1.165, 1.54) is 0 Å². The van der Waals surface area contributed by atoms with E-state index in [0.717, 1.165) is 11.3 Å². The largest absolute Gasteiger partial charge is 0.397 e. The summed E-state index contributed by atoms with van der Waals surface area (Å²) in [5.41, 5.74) is 9.28. The van der Waals surface area contributed by atoms with Gasteiger partial charge in [0, 0.05) is 25.4 Å². The van der Waals surface area contributed by atoms with E-state index in [4.69, 9.17) is 5.73 Å². The fourth-order valence-corrected chi connectivity index (χ4v) is 2.34. The topological polar surface area (TPSA) is 102 Å². The molecule has 21 heavy (non-hydrogen) atoms. The summed E-state index contributed by atoms with van der Waals surface area (Å²) in [7, 11) is 1.55. The van der Waals surface area contributed by atoms with Crippen molar-refractivity contribution in [1.29, 1.82) is 0 Å². The Hall–Kier alpha value is -2.83. The van der Waals surface area contributed by atoms with E-state index in [1.54, 1.807) is 30.1 Å². The van der Waals surface area contributed by atoms with Crippen LogP contribution in [0.4, 0.5) is 11.4 Å².